The minimum Gasteiger partial charge on any atom is -0.481 e. The van der Waals surface area contributed by atoms with Crippen molar-refractivity contribution in [3.05, 3.63) is 31.9 Å². The molecule has 5 nitrogen and oxygen atoms in total. The molecular formula is C8H6INO4S. The number of hydrogen-bond donors (Lipinski definition) is 1. The number of halogens is 1. The molecule has 0 saturated carbocycles. The van der Waals surface area contributed by atoms with Gasteiger partial charge in [0, 0.05) is 20.6 Å². The van der Waals surface area contributed by atoms with Crippen LogP contribution in [0.1, 0.15) is 0 Å². The molecule has 0 amide bonds. The van der Waals surface area contributed by atoms with Crippen molar-refractivity contribution in [2.24, 2.45) is 0 Å². The maximum absolute atomic E-state index is 10.4. The van der Waals surface area contributed by atoms with E-state index < -0.39 is 10.9 Å². The normalized spacial score (nSPS) is 9.93. The zero-order valence-corrected chi connectivity index (χ0v) is 10.3. The van der Waals surface area contributed by atoms with Crippen LogP contribution in [-0.2, 0) is 4.79 Å². The second-order valence-electron chi connectivity index (χ2n) is 2.55. The summed E-state index contributed by atoms with van der Waals surface area (Å²) in [6.45, 7) is 0. The maximum Gasteiger partial charge on any atom is 0.313 e. The first-order chi connectivity index (χ1) is 7.00. The summed E-state index contributed by atoms with van der Waals surface area (Å²) in [4.78, 5) is 21.0. The second kappa shape index (κ2) is 5.31. The Morgan fingerprint density at radius 2 is 2.27 bits per heavy atom. The number of non-ortho nitro benzene ring substituents is 1. The highest BCUT2D eigenvalue weighted by atomic mass is 127. The first-order valence-corrected chi connectivity index (χ1v) is 5.85. The van der Waals surface area contributed by atoms with Crippen molar-refractivity contribution in [1.29, 1.82) is 0 Å². The second-order valence-corrected chi connectivity index (χ2v) is 4.73. The van der Waals surface area contributed by atoms with Crippen LogP contribution in [0.4, 0.5) is 5.69 Å². The van der Waals surface area contributed by atoms with Crippen molar-refractivity contribution in [2.75, 3.05) is 5.75 Å². The van der Waals surface area contributed by atoms with Crippen LogP contribution in [0.3, 0.4) is 0 Å². The number of rotatable bonds is 4. The Hall–Kier alpha value is -0.830. The molecule has 0 bridgehead atoms. The number of benzene rings is 1. The first-order valence-electron chi connectivity index (χ1n) is 3.79. The Labute approximate surface area is 103 Å². The van der Waals surface area contributed by atoms with Crippen LogP contribution in [0.2, 0.25) is 0 Å². The highest BCUT2D eigenvalue weighted by Crippen LogP contribution is 2.27. The fraction of sp³-hybridized carbons (Fsp3) is 0.125. The van der Waals surface area contributed by atoms with E-state index in [9.17, 15) is 14.9 Å². The fourth-order valence-corrected chi connectivity index (χ4v) is 2.47. The molecule has 0 unspecified atom stereocenters. The summed E-state index contributed by atoms with van der Waals surface area (Å²) in [5, 5.41) is 18.9. The van der Waals surface area contributed by atoms with Gasteiger partial charge in [-0.1, -0.05) is 0 Å². The molecule has 80 valence electrons. The summed E-state index contributed by atoms with van der Waals surface area (Å²) < 4.78 is 0.688. The van der Waals surface area contributed by atoms with Gasteiger partial charge in [0.25, 0.3) is 5.69 Å². The van der Waals surface area contributed by atoms with Crippen LogP contribution in [0, 0.1) is 13.7 Å². The van der Waals surface area contributed by atoms with Crippen molar-refractivity contribution in [3.8, 4) is 0 Å². The summed E-state index contributed by atoms with van der Waals surface area (Å²) in [5.41, 5.74) is 0.0130. The van der Waals surface area contributed by atoms with Gasteiger partial charge in [0.05, 0.1) is 10.7 Å². The fourth-order valence-electron chi connectivity index (χ4n) is 0.860. The van der Waals surface area contributed by atoms with Gasteiger partial charge in [-0.25, -0.2) is 0 Å². The molecule has 0 aliphatic rings. The van der Waals surface area contributed by atoms with Gasteiger partial charge in [0.2, 0.25) is 0 Å². The lowest BCUT2D eigenvalue weighted by Gasteiger charge is -2.01. The van der Waals surface area contributed by atoms with E-state index in [0.717, 1.165) is 16.7 Å². The van der Waals surface area contributed by atoms with E-state index in [1.807, 2.05) is 22.6 Å². The third kappa shape index (κ3) is 3.67. The van der Waals surface area contributed by atoms with Gasteiger partial charge < -0.3 is 5.11 Å². The number of nitro benzene ring substituents is 1. The smallest absolute Gasteiger partial charge is 0.313 e. The lowest BCUT2D eigenvalue weighted by atomic mass is 10.3. The molecule has 0 fully saturated rings. The van der Waals surface area contributed by atoms with Gasteiger partial charge in [-0.2, -0.15) is 0 Å². The largest absolute Gasteiger partial charge is 0.481 e. The molecule has 0 atom stereocenters. The zero-order chi connectivity index (χ0) is 11.4. The number of carboxylic acid groups (broad SMARTS) is 1. The van der Waals surface area contributed by atoms with Gasteiger partial charge in [0.15, 0.2) is 0 Å². The number of hydrogen-bond acceptors (Lipinski definition) is 4. The Bertz CT molecular complexity index is 410. The third-order valence-corrected chi connectivity index (χ3v) is 3.79. The van der Waals surface area contributed by atoms with E-state index in [0.29, 0.717) is 3.57 Å². The van der Waals surface area contributed by atoms with E-state index >= 15 is 0 Å². The number of carboxylic acids is 1. The molecule has 0 spiro atoms. The molecule has 1 rings (SSSR count). The molecule has 0 radical (unpaired) electrons. The quantitative estimate of drug-likeness (QED) is 0.394. The number of thioether (sulfide) groups is 1. The molecule has 0 aliphatic heterocycles. The Morgan fingerprint density at radius 3 is 2.73 bits per heavy atom. The molecule has 0 saturated heterocycles. The molecule has 7 heteroatoms. The zero-order valence-electron chi connectivity index (χ0n) is 7.34. The minimum absolute atomic E-state index is 0.0130. The number of nitro groups is 1. The van der Waals surface area contributed by atoms with E-state index in [2.05, 4.69) is 0 Å². The number of aliphatic carboxylic acids is 1. The molecular weight excluding hydrogens is 333 g/mol. The van der Waals surface area contributed by atoms with Crippen molar-refractivity contribution >= 4 is 46.0 Å². The van der Waals surface area contributed by atoms with Crippen LogP contribution in [0.25, 0.3) is 0 Å². The Kier molecular flexibility index (Phi) is 4.33. The molecule has 1 aromatic carbocycles. The molecule has 15 heavy (non-hydrogen) atoms. The molecule has 0 aliphatic carbocycles. The van der Waals surface area contributed by atoms with E-state index in [1.54, 1.807) is 6.07 Å². The van der Waals surface area contributed by atoms with E-state index in [-0.39, 0.29) is 11.4 Å². The lowest BCUT2D eigenvalue weighted by molar-refractivity contribution is -0.385. The number of nitrogens with zero attached hydrogens (tertiary/aromatic N) is 1. The summed E-state index contributed by atoms with van der Waals surface area (Å²) in [6, 6.07) is 4.35. The highest BCUT2D eigenvalue weighted by Gasteiger charge is 2.10. The van der Waals surface area contributed by atoms with Gasteiger partial charge in [-0.15, -0.1) is 11.8 Å². The summed E-state index contributed by atoms with van der Waals surface area (Å²) >= 11 is 3.09. The predicted octanol–water partition coefficient (Wildman–Crippen LogP) is 2.38. The average Bonchev–Trinajstić information content (AvgIpc) is 2.15. The standard InChI is InChI=1S/C8H6INO4S/c9-6-3-5(10(13)14)1-2-7(6)15-4-8(11)12/h1-3H,4H2,(H,11,12). The van der Waals surface area contributed by atoms with E-state index in [4.69, 9.17) is 5.11 Å². The van der Waals surface area contributed by atoms with Gasteiger partial charge >= 0.3 is 5.97 Å². The van der Waals surface area contributed by atoms with Crippen LogP contribution in [0.15, 0.2) is 23.1 Å². The molecule has 1 aromatic rings. The summed E-state index contributed by atoms with van der Waals surface area (Å²) in [7, 11) is 0. The Morgan fingerprint density at radius 1 is 1.60 bits per heavy atom. The Balaban J connectivity index is 2.83. The van der Waals surface area contributed by atoms with Crippen LogP contribution in [0.5, 0.6) is 0 Å². The van der Waals surface area contributed by atoms with Crippen molar-refractivity contribution in [2.45, 2.75) is 4.90 Å². The van der Waals surface area contributed by atoms with E-state index in [1.165, 1.54) is 12.1 Å². The van der Waals surface area contributed by atoms with Gasteiger partial charge in [-0.3, -0.25) is 14.9 Å². The maximum atomic E-state index is 10.4. The van der Waals surface area contributed by atoms with Gasteiger partial charge in [0.1, 0.15) is 0 Å². The predicted molar refractivity (Wildman–Crippen MR) is 64.2 cm³/mol. The third-order valence-electron chi connectivity index (χ3n) is 1.48. The first kappa shape index (κ1) is 12.2. The molecule has 0 heterocycles. The average molecular weight is 339 g/mol. The molecule has 1 N–H and O–H groups in total. The van der Waals surface area contributed by atoms with Crippen LogP contribution in [-0.4, -0.2) is 21.8 Å². The topological polar surface area (TPSA) is 80.4 Å². The van der Waals surface area contributed by atoms with Crippen LogP contribution >= 0.6 is 34.4 Å². The van der Waals surface area contributed by atoms with Crippen LogP contribution < -0.4 is 0 Å². The molecule has 0 aromatic heterocycles. The number of carbonyl (C=O) groups is 1. The SMILES string of the molecule is O=C(O)CSc1ccc([N+](=O)[O-])cc1I. The van der Waals surface area contributed by atoms with Gasteiger partial charge in [-0.05, 0) is 28.7 Å². The lowest BCUT2D eigenvalue weighted by Crippen LogP contribution is -1.98. The summed E-state index contributed by atoms with van der Waals surface area (Å²) in [5.74, 6) is -0.956. The monoisotopic (exact) mass is 339 g/mol. The summed E-state index contributed by atoms with van der Waals surface area (Å²) in [6.07, 6.45) is 0. The van der Waals surface area contributed by atoms with Crippen molar-refractivity contribution in [1.82, 2.24) is 0 Å². The highest BCUT2D eigenvalue weighted by molar-refractivity contribution is 14.1. The minimum atomic E-state index is -0.908. The van der Waals surface area contributed by atoms with Crippen molar-refractivity contribution in [3.63, 3.8) is 0 Å². The van der Waals surface area contributed by atoms with Crippen molar-refractivity contribution < 1.29 is 14.8 Å².